The molecule has 0 aliphatic rings. The first-order valence-corrected chi connectivity index (χ1v) is 10.3. The van der Waals surface area contributed by atoms with Crippen LogP contribution in [0, 0.1) is 11.3 Å². The number of thiazole rings is 1. The fourth-order valence-corrected chi connectivity index (χ4v) is 4.14. The average Bonchev–Trinajstić information content (AvgIpc) is 3.20. The summed E-state index contributed by atoms with van der Waals surface area (Å²) in [6.07, 6.45) is 0. The lowest BCUT2D eigenvalue weighted by atomic mass is 9.99. The summed E-state index contributed by atoms with van der Waals surface area (Å²) in [6.45, 7) is 0. The summed E-state index contributed by atoms with van der Waals surface area (Å²) in [5, 5.41) is 13.9. The topological polar surface area (TPSA) is 36.7 Å². The van der Waals surface area contributed by atoms with E-state index in [0.717, 1.165) is 33.0 Å². The van der Waals surface area contributed by atoms with Crippen molar-refractivity contribution in [2.24, 2.45) is 0 Å². The van der Waals surface area contributed by atoms with Crippen LogP contribution in [-0.4, -0.2) is 4.98 Å². The monoisotopic (exact) mass is 440 g/mol. The average molecular weight is 442 g/mol. The quantitative estimate of drug-likeness (QED) is 0.323. The van der Waals surface area contributed by atoms with E-state index in [1.165, 1.54) is 0 Å². The molecule has 0 spiro atoms. The van der Waals surface area contributed by atoms with Gasteiger partial charge < -0.3 is 0 Å². The number of nitriles is 1. The molecule has 0 amide bonds. The van der Waals surface area contributed by atoms with Gasteiger partial charge in [0.05, 0.1) is 27.4 Å². The molecule has 0 radical (unpaired) electrons. The predicted molar refractivity (Wildman–Crippen MR) is 118 cm³/mol. The lowest BCUT2D eigenvalue weighted by Gasteiger charge is -2.06. The standard InChI is InChI=1S/C22H11Cl3N2S/c23-17-7-5-16(11-26)18(10-17)13-1-3-14(4-2-13)22-27-21(12-28-22)15-6-8-19(24)20(25)9-15/h1-10,12H. The van der Waals surface area contributed by atoms with Crippen LogP contribution in [0.25, 0.3) is 33.0 Å². The third kappa shape index (κ3) is 3.78. The second kappa shape index (κ2) is 7.95. The van der Waals surface area contributed by atoms with Crippen LogP contribution in [0.15, 0.2) is 66.0 Å². The SMILES string of the molecule is N#Cc1ccc(Cl)cc1-c1ccc(-c2nc(-c3ccc(Cl)c(Cl)c3)cs2)cc1. The Labute approximate surface area is 181 Å². The second-order valence-electron chi connectivity index (χ2n) is 6.05. The lowest BCUT2D eigenvalue weighted by molar-refractivity contribution is 1.40. The summed E-state index contributed by atoms with van der Waals surface area (Å²) in [5.41, 5.74) is 5.12. The van der Waals surface area contributed by atoms with Crippen LogP contribution in [0.2, 0.25) is 15.1 Å². The van der Waals surface area contributed by atoms with Crippen LogP contribution in [-0.2, 0) is 0 Å². The van der Waals surface area contributed by atoms with Gasteiger partial charge in [-0.25, -0.2) is 4.98 Å². The Morgan fingerprint density at radius 2 is 1.50 bits per heavy atom. The molecule has 0 bridgehead atoms. The van der Waals surface area contributed by atoms with Crippen molar-refractivity contribution in [3.8, 4) is 39.0 Å². The van der Waals surface area contributed by atoms with Gasteiger partial charge >= 0.3 is 0 Å². The van der Waals surface area contributed by atoms with Gasteiger partial charge in [0.1, 0.15) is 5.01 Å². The lowest BCUT2D eigenvalue weighted by Crippen LogP contribution is -1.85. The highest BCUT2D eigenvalue weighted by atomic mass is 35.5. The van der Waals surface area contributed by atoms with Crippen LogP contribution >= 0.6 is 46.1 Å². The zero-order valence-corrected chi connectivity index (χ0v) is 17.4. The summed E-state index contributed by atoms with van der Waals surface area (Å²) in [4.78, 5) is 4.72. The van der Waals surface area contributed by atoms with Crippen molar-refractivity contribution in [1.82, 2.24) is 4.98 Å². The summed E-state index contributed by atoms with van der Waals surface area (Å²) < 4.78 is 0. The van der Waals surface area contributed by atoms with Crippen LogP contribution in [0.3, 0.4) is 0 Å². The number of benzene rings is 3. The van der Waals surface area contributed by atoms with Gasteiger partial charge in [-0.3, -0.25) is 0 Å². The van der Waals surface area contributed by atoms with Crippen LogP contribution < -0.4 is 0 Å². The molecule has 1 aromatic heterocycles. The predicted octanol–water partition coefficient (Wildman–Crippen LogP) is 7.98. The minimum Gasteiger partial charge on any atom is -0.236 e. The highest BCUT2D eigenvalue weighted by Crippen LogP contribution is 2.34. The molecule has 0 aliphatic carbocycles. The van der Waals surface area contributed by atoms with Crippen molar-refractivity contribution >= 4 is 46.1 Å². The maximum atomic E-state index is 9.33. The molecule has 0 fully saturated rings. The summed E-state index contributed by atoms with van der Waals surface area (Å²) in [6, 6.07) is 20.9. The fraction of sp³-hybridized carbons (Fsp3) is 0. The highest BCUT2D eigenvalue weighted by molar-refractivity contribution is 7.13. The van der Waals surface area contributed by atoms with Gasteiger partial charge in [-0.05, 0) is 35.9 Å². The number of rotatable bonds is 3. The molecule has 6 heteroatoms. The first-order chi connectivity index (χ1) is 13.5. The van der Waals surface area contributed by atoms with Gasteiger partial charge in [0.15, 0.2) is 0 Å². The van der Waals surface area contributed by atoms with Crippen molar-refractivity contribution in [2.75, 3.05) is 0 Å². The van der Waals surface area contributed by atoms with E-state index < -0.39 is 0 Å². The number of hydrogen-bond acceptors (Lipinski definition) is 3. The van der Waals surface area contributed by atoms with E-state index in [1.54, 1.807) is 35.6 Å². The molecular weight excluding hydrogens is 431 g/mol. The maximum absolute atomic E-state index is 9.33. The molecule has 0 saturated carbocycles. The van der Waals surface area contributed by atoms with E-state index in [0.29, 0.717) is 20.6 Å². The van der Waals surface area contributed by atoms with E-state index >= 15 is 0 Å². The van der Waals surface area contributed by atoms with Crippen molar-refractivity contribution in [3.63, 3.8) is 0 Å². The van der Waals surface area contributed by atoms with Crippen LogP contribution in [0.1, 0.15) is 5.56 Å². The van der Waals surface area contributed by atoms with E-state index in [4.69, 9.17) is 39.8 Å². The van der Waals surface area contributed by atoms with Gasteiger partial charge in [-0.1, -0.05) is 65.1 Å². The Hall–Kier alpha value is -2.35. The number of aromatic nitrogens is 1. The first-order valence-electron chi connectivity index (χ1n) is 8.26. The van der Waals surface area contributed by atoms with Gasteiger partial charge in [-0.15, -0.1) is 11.3 Å². The van der Waals surface area contributed by atoms with E-state index in [9.17, 15) is 5.26 Å². The molecule has 0 N–H and O–H groups in total. The minimum absolute atomic E-state index is 0.507. The molecule has 2 nitrogen and oxygen atoms in total. The second-order valence-corrected chi connectivity index (χ2v) is 8.15. The molecule has 0 saturated heterocycles. The summed E-state index contributed by atoms with van der Waals surface area (Å²) in [5.74, 6) is 0. The normalized spacial score (nSPS) is 10.6. The van der Waals surface area contributed by atoms with E-state index in [1.807, 2.05) is 41.8 Å². The zero-order chi connectivity index (χ0) is 19.7. The zero-order valence-electron chi connectivity index (χ0n) is 14.3. The third-order valence-electron chi connectivity index (χ3n) is 4.26. The van der Waals surface area contributed by atoms with Crippen LogP contribution in [0.4, 0.5) is 0 Å². The van der Waals surface area contributed by atoms with E-state index in [-0.39, 0.29) is 0 Å². The summed E-state index contributed by atoms with van der Waals surface area (Å²) >= 11 is 19.8. The molecule has 4 aromatic rings. The van der Waals surface area contributed by atoms with Crippen LogP contribution in [0.5, 0.6) is 0 Å². The maximum Gasteiger partial charge on any atom is 0.124 e. The molecule has 4 rings (SSSR count). The third-order valence-corrected chi connectivity index (χ3v) is 6.13. The molecule has 0 atom stereocenters. The highest BCUT2D eigenvalue weighted by Gasteiger charge is 2.10. The number of nitrogens with zero attached hydrogens (tertiary/aromatic N) is 2. The Balaban J connectivity index is 1.65. The fourth-order valence-electron chi connectivity index (χ4n) is 2.84. The van der Waals surface area contributed by atoms with Gasteiger partial charge in [0, 0.05) is 27.1 Å². The first kappa shape index (κ1) is 19.0. The van der Waals surface area contributed by atoms with Crippen molar-refractivity contribution in [3.05, 3.63) is 86.7 Å². The molecule has 28 heavy (non-hydrogen) atoms. The molecule has 1 heterocycles. The number of halogens is 3. The minimum atomic E-state index is 0.507. The number of hydrogen-bond donors (Lipinski definition) is 0. The molecule has 136 valence electrons. The van der Waals surface area contributed by atoms with Crippen molar-refractivity contribution in [1.29, 1.82) is 5.26 Å². The van der Waals surface area contributed by atoms with Gasteiger partial charge in [0.2, 0.25) is 0 Å². The Morgan fingerprint density at radius 1 is 0.786 bits per heavy atom. The largest absolute Gasteiger partial charge is 0.236 e. The van der Waals surface area contributed by atoms with Crippen molar-refractivity contribution in [2.45, 2.75) is 0 Å². The van der Waals surface area contributed by atoms with Crippen molar-refractivity contribution < 1.29 is 0 Å². The Morgan fingerprint density at radius 3 is 2.21 bits per heavy atom. The molecular formula is C22H11Cl3N2S. The smallest absolute Gasteiger partial charge is 0.124 e. The Bertz CT molecular complexity index is 1210. The van der Waals surface area contributed by atoms with Gasteiger partial charge in [0.25, 0.3) is 0 Å². The van der Waals surface area contributed by atoms with E-state index in [2.05, 4.69) is 6.07 Å². The molecule has 0 aliphatic heterocycles. The van der Waals surface area contributed by atoms with Gasteiger partial charge in [-0.2, -0.15) is 5.26 Å². The molecule has 3 aromatic carbocycles. The molecule has 0 unspecified atom stereocenters. The Kier molecular flexibility index (Phi) is 5.39. The summed E-state index contributed by atoms with van der Waals surface area (Å²) in [7, 11) is 0.